The summed E-state index contributed by atoms with van der Waals surface area (Å²) in [4.78, 5) is 0. The van der Waals surface area contributed by atoms with Crippen LogP contribution in [0.4, 0.5) is 0 Å². The lowest BCUT2D eigenvalue weighted by Crippen LogP contribution is -2.22. The fourth-order valence-corrected chi connectivity index (χ4v) is 2.01. The smallest absolute Gasteiger partial charge is 0.147 e. The molecule has 0 bridgehead atoms. The minimum absolute atomic E-state index is 0.0254. The summed E-state index contributed by atoms with van der Waals surface area (Å²) in [7, 11) is -1.20. The second-order valence-electron chi connectivity index (χ2n) is 3.57. The normalized spacial score (nSPS) is 14.1. The van der Waals surface area contributed by atoms with E-state index in [0.717, 1.165) is 13.0 Å². The van der Waals surface area contributed by atoms with Crippen molar-refractivity contribution in [3.05, 3.63) is 0 Å². The molecule has 0 heterocycles. The van der Waals surface area contributed by atoms with Crippen LogP contribution in [0.5, 0.6) is 0 Å². The fourth-order valence-electron chi connectivity index (χ4n) is 1.11. The molecule has 1 unspecified atom stereocenters. The molecule has 0 saturated carbocycles. The van der Waals surface area contributed by atoms with E-state index in [1.807, 2.05) is 0 Å². The highest BCUT2D eigenvalue weighted by atomic mass is 35.5. The van der Waals surface area contributed by atoms with Gasteiger partial charge in [0.25, 0.3) is 0 Å². The molecule has 0 aliphatic rings. The summed E-state index contributed by atoms with van der Waals surface area (Å²) >= 11 is 5.91. The first-order chi connectivity index (χ1) is 6.95. The molecule has 15 heavy (non-hydrogen) atoms. The van der Waals surface area contributed by atoms with E-state index in [-0.39, 0.29) is 11.1 Å². The Morgan fingerprint density at radius 3 is 2.60 bits per heavy atom. The van der Waals surface area contributed by atoms with Crippen LogP contribution in [0.15, 0.2) is 0 Å². The summed E-state index contributed by atoms with van der Waals surface area (Å²) < 4.78 is 26.5. The summed E-state index contributed by atoms with van der Waals surface area (Å²) in [6.45, 7) is 2.05. The van der Waals surface area contributed by atoms with Crippen molar-refractivity contribution in [3.8, 4) is 0 Å². The molecule has 6 heteroatoms. The van der Waals surface area contributed by atoms with E-state index in [9.17, 15) is 8.42 Å². The minimum Gasteiger partial charge on any atom is -0.383 e. The topological polar surface area (TPSA) is 55.4 Å². The lowest BCUT2D eigenvalue weighted by molar-refractivity contribution is 0.195. The summed E-state index contributed by atoms with van der Waals surface area (Å²) in [5.74, 6) is 0.238. The van der Waals surface area contributed by atoms with Crippen LogP contribution in [0, 0.1) is 0 Å². The van der Waals surface area contributed by atoms with E-state index in [2.05, 4.69) is 5.32 Å². The molecular weight excluding hydrogens is 238 g/mol. The first kappa shape index (κ1) is 15.2. The average Bonchev–Trinajstić information content (AvgIpc) is 2.09. The largest absolute Gasteiger partial charge is 0.383 e. The first-order valence-electron chi connectivity index (χ1n) is 4.97. The molecule has 0 rings (SSSR count). The van der Waals surface area contributed by atoms with Crippen molar-refractivity contribution in [2.24, 2.45) is 0 Å². The zero-order chi connectivity index (χ0) is 11.7. The maximum absolute atomic E-state index is 10.8. The Kier molecular flexibility index (Phi) is 8.42. The van der Waals surface area contributed by atoms with E-state index in [1.54, 1.807) is 7.11 Å². The van der Waals surface area contributed by atoms with Crippen molar-refractivity contribution in [1.29, 1.82) is 0 Å². The van der Waals surface area contributed by atoms with Crippen LogP contribution in [0.3, 0.4) is 0 Å². The molecule has 0 aliphatic heterocycles. The van der Waals surface area contributed by atoms with Crippen LogP contribution in [-0.4, -0.2) is 52.6 Å². The molecule has 0 saturated heterocycles. The molecule has 0 fully saturated rings. The third kappa shape index (κ3) is 12.1. The quantitative estimate of drug-likeness (QED) is 0.487. The van der Waals surface area contributed by atoms with Gasteiger partial charge in [0.1, 0.15) is 9.84 Å². The molecule has 1 N–H and O–H groups in total. The van der Waals surface area contributed by atoms with Crippen molar-refractivity contribution >= 4 is 21.4 Å². The van der Waals surface area contributed by atoms with Gasteiger partial charge in [0.05, 0.1) is 17.7 Å². The molecule has 92 valence electrons. The van der Waals surface area contributed by atoms with Crippen molar-refractivity contribution in [2.75, 3.05) is 38.8 Å². The standard InChI is InChI=1S/C9H20ClNO3S/c1-14-8-9(10)4-6-11-5-3-7-15(2,12)13/h9,11H,3-8H2,1-2H3. The predicted octanol–water partition coefficient (Wildman–Crippen LogP) is 0.655. The van der Waals surface area contributed by atoms with Gasteiger partial charge in [-0.05, 0) is 25.9 Å². The summed E-state index contributed by atoms with van der Waals surface area (Å²) in [5, 5.41) is 3.17. The Morgan fingerprint density at radius 1 is 1.40 bits per heavy atom. The second kappa shape index (κ2) is 8.33. The number of hydrogen-bond donors (Lipinski definition) is 1. The number of halogens is 1. The van der Waals surface area contributed by atoms with Crippen molar-refractivity contribution in [2.45, 2.75) is 18.2 Å². The number of rotatable bonds is 9. The van der Waals surface area contributed by atoms with Gasteiger partial charge >= 0.3 is 0 Å². The molecule has 4 nitrogen and oxygen atoms in total. The molecule has 1 atom stereocenters. The molecule has 0 aromatic rings. The number of alkyl halides is 1. The monoisotopic (exact) mass is 257 g/mol. The van der Waals surface area contributed by atoms with Gasteiger partial charge in [-0.3, -0.25) is 0 Å². The molecule has 0 aromatic heterocycles. The van der Waals surface area contributed by atoms with Crippen molar-refractivity contribution in [3.63, 3.8) is 0 Å². The zero-order valence-corrected chi connectivity index (χ0v) is 10.9. The number of sulfone groups is 1. The van der Waals surface area contributed by atoms with Gasteiger partial charge in [0, 0.05) is 13.4 Å². The predicted molar refractivity (Wildman–Crippen MR) is 63.3 cm³/mol. The SMILES string of the molecule is COCC(Cl)CCNCCCS(C)(=O)=O. The van der Waals surface area contributed by atoms with Gasteiger partial charge in [-0.2, -0.15) is 0 Å². The van der Waals surface area contributed by atoms with E-state index < -0.39 is 9.84 Å². The summed E-state index contributed by atoms with van der Waals surface area (Å²) in [6.07, 6.45) is 2.73. The van der Waals surface area contributed by atoms with Crippen molar-refractivity contribution in [1.82, 2.24) is 5.32 Å². The van der Waals surface area contributed by atoms with E-state index in [4.69, 9.17) is 16.3 Å². The maximum atomic E-state index is 10.8. The third-order valence-corrected chi connectivity index (χ3v) is 3.23. The van der Waals surface area contributed by atoms with E-state index in [0.29, 0.717) is 19.6 Å². The van der Waals surface area contributed by atoms with Crippen LogP contribution >= 0.6 is 11.6 Å². The summed E-state index contributed by atoms with van der Waals surface area (Å²) in [5.41, 5.74) is 0. The average molecular weight is 258 g/mol. The molecule has 0 amide bonds. The van der Waals surface area contributed by atoms with Crippen LogP contribution < -0.4 is 5.32 Å². The van der Waals surface area contributed by atoms with Gasteiger partial charge in [0.15, 0.2) is 0 Å². The Bertz CT molecular complexity index is 244. The van der Waals surface area contributed by atoms with Crippen LogP contribution in [0.2, 0.25) is 0 Å². The Hall–Kier alpha value is 0.160. The van der Waals surface area contributed by atoms with Crippen LogP contribution in [0.1, 0.15) is 12.8 Å². The fraction of sp³-hybridized carbons (Fsp3) is 1.00. The molecule has 0 aromatic carbocycles. The highest BCUT2D eigenvalue weighted by Gasteiger charge is 2.03. The third-order valence-electron chi connectivity index (χ3n) is 1.85. The lowest BCUT2D eigenvalue weighted by Gasteiger charge is -2.08. The van der Waals surface area contributed by atoms with Gasteiger partial charge in [-0.15, -0.1) is 11.6 Å². The number of hydrogen-bond acceptors (Lipinski definition) is 4. The molecule has 0 aliphatic carbocycles. The molecule has 0 radical (unpaired) electrons. The lowest BCUT2D eigenvalue weighted by atomic mass is 10.3. The molecular formula is C9H20ClNO3S. The number of ether oxygens (including phenoxy) is 1. The maximum Gasteiger partial charge on any atom is 0.147 e. The van der Waals surface area contributed by atoms with E-state index in [1.165, 1.54) is 6.26 Å². The first-order valence-corrected chi connectivity index (χ1v) is 7.47. The van der Waals surface area contributed by atoms with Gasteiger partial charge < -0.3 is 10.1 Å². The van der Waals surface area contributed by atoms with Crippen molar-refractivity contribution < 1.29 is 13.2 Å². The Balaban J connectivity index is 3.25. The van der Waals surface area contributed by atoms with Crippen LogP contribution in [0.25, 0.3) is 0 Å². The van der Waals surface area contributed by atoms with E-state index >= 15 is 0 Å². The number of methoxy groups -OCH3 is 1. The molecule has 0 spiro atoms. The van der Waals surface area contributed by atoms with Crippen LogP contribution in [-0.2, 0) is 14.6 Å². The highest BCUT2D eigenvalue weighted by Crippen LogP contribution is 2.00. The van der Waals surface area contributed by atoms with Gasteiger partial charge in [-0.25, -0.2) is 8.42 Å². The second-order valence-corrected chi connectivity index (χ2v) is 6.45. The zero-order valence-electron chi connectivity index (χ0n) is 9.33. The highest BCUT2D eigenvalue weighted by molar-refractivity contribution is 7.90. The Labute approximate surface area is 97.3 Å². The van der Waals surface area contributed by atoms with Gasteiger partial charge in [-0.1, -0.05) is 0 Å². The van der Waals surface area contributed by atoms with Gasteiger partial charge in [0.2, 0.25) is 0 Å². The number of nitrogens with one attached hydrogen (secondary N) is 1. The Morgan fingerprint density at radius 2 is 2.07 bits per heavy atom. The minimum atomic E-state index is -2.82. The summed E-state index contributed by atoms with van der Waals surface area (Å²) in [6, 6.07) is 0.